The van der Waals surface area contributed by atoms with Crippen molar-refractivity contribution in [3.8, 4) is 0 Å². The SMILES string of the molecule is [Cl][Zr]([Cl])([CH]1C=Cc2ccccc21)([CH]1C=Cc2ccccc21)[GeH]([c]1ccccc1)[c]1ccccc1. The Labute approximate surface area is 211 Å². The molecule has 0 fully saturated rings. The first kappa shape index (κ1) is 22.8. The van der Waals surface area contributed by atoms with Gasteiger partial charge in [-0.3, -0.25) is 0 Å². The summed E-state index contributed by atoms with van der Waals surface area (Å²) in [5.74, 6) is 0. The minimum atomic E-state index is -4.82. The van der Waals surface area contributed by atoms with Gasteiger partial charge >= 0.3 is 213 Å². The monoisotopic (exact) mass is 619 g/mol. The number of hydrogen-bond acceptors (Lipinski definition) is 0. The van der Waals surface area contributed by atoms with Gasteiger partial charge in [-0.2, -0.15) is 0 Å². The third-order valence-corrected chi connectivity index (χ3v) is 73.1. The van der Waals surface area contributed by atoms with Crippen LogP contribution >= 0.6 is 17.0 Å². The van der Waals surface area contributed by atoms with E-state index < -0.39 is 24.4 Å². The van der Waals surface area contributed by atoms with E-state index in [4.69, 9.17) is 17.0 Å². The second-order valence-corrected chi connectivity index (χ2v) is 66.1. The molecule has 167 valence electrons. The number of benzene rings is 4. The molecule has 0 saturated carbocycles. The fourth-order valence-electron chi connectivity index (χ4n) is 6.13. The van der Waals surface area contributed by atoms with Crippen LogP contribution in [0.15, 0.2) is 121 Å². The molecule has 0 radical (unpaired) electrons. The van der Waals surface area contributed by atoms with Crippen LogP contribution in [0.2, 0.25) is 0 Å². The molecule has 2 unspecified atom stereocenters. The Bertz CT molecular complexity index is 1310. The molecule has 0 heterocycles. The fourth-order valence-corrected chi connectivity index (χ4v) is 78.7. The number of halogens is 2. The van der Waals surface area contributed by atoms with Crippen LogP contribution in [0.4, 0.5) is 0 Å². The average Bonchev–Trinajstić information content (AvgIpc) is 3.51. The maximum absolute atomic E-state index is 8.45. The van der Waals surface area contributed by atoms with Crippen LogP contribution in [-0.2, 0) is 13.9 Å². The van der Waals surface area contributed by atoms with E-state index in [2.05, 4.69) is 133 Å². The van der Waals surface area contributed by atoms with Crippen molar-refractivity contribution in [2.45, 2.75) is 7.25 Å². The van der Waals surface area contributed by atoms with E-state index in [1.54, 1.807) is 0 Å². The third-order valence-electron chi connectivity index (χ3n) is 7.60. The van der Waals surface area contributed by atoms with Gasteiger partial charge in [-0.05, 0) is 0 Å². The molecular formula is C30H25Cl2GeZr. The molecule has 34 heavy (non-hydrogen) atoms. The van der Waals surface area contributed by atoms with Crippen LogP contribution < -0.4 is 8.79 Å². The van der Waals surface area contributed by atoms with Gasteiger partial charge in [-0.1, -0.05) is 0 Å². The van der Waals surface area contributed by atoms with E-state index in [1.165, 1.54) is 31.0 Å². The predicted molar refractivity (Wildman–Crippen MR) is 147 cm³/mol. The molecule has 0 saturated heterocycles. The molecular weight excluding hydrogens is 595 g/mol. The number of allylic oxidation sites excluding steroid dienone is 2. The molecule has 2 atom stereocenters. The topological polar surface area (TPSA) is 0 Å². The normalized spacial score (nSPS) is 19.6. The van der Waals surface area contributed by atoms with Crippen molar-refractivity contribution in [2.24, 2.45) is 0 Å². The van der Waals surface area contributed by atoms with Gasteiger partial charge in [0.25, 0.3) is 0 Å². The van der Waals surface area contributed by atoms with E-state index in [9.17, 15) is 0 Å². The Morgan fingerprint density at radius 1 is 0.500 bits per heavy atom. The van der Waals surface area contributed by atoms with E-state index in [1.807, 2.05) is 0 Å². The van der Waals surface area contributed by atoms with Crippen molar-refractivity contribution >= 4 is 48.5 Å². The van der Waals surface area contributed by atoms with Crippen LogP contribution in [-0.4, -0.2) is 10.6 Å². The van der Waals surface area contributed by atoms with Gasteiger partial charge in [-0.15, -0.1) is 0 Å². The second kappa shape index (κ2) is 8.79. The van der Waals surface area contributed by atoms with Crippen molar-refractivity contribution < 1.29 is 13.9 Å². The number of rotatable bonds is 5. The van der Waals surface area contributed by atoms with Crippen LogP contribution in [0.1, 0.15) is 29.5 Å². The minimum absolute atomic E-state index is 0.0761. The average molecular weight is 620 g/mol. The molecule has 0 aromatic heterocycles. The predicted octanol–water partition coefficient (Wildman–Crippen LogP) is 7.06. The molecule has 2 aliphatic rings. The summed E-state index contributed by atoms with van der Waals surface area (Å²) in [4.78, 5) is 0. The Morgan fingerprint density at radius 2 is 0.882 bits per heavy atom. The summed E-state index contributed by atoms with van der Waals surface area (Å²) in [5, 5.41) is 0. The molecule has 0 spiro atoms. The van der Waals surface area contributed by atoms with Gasteiger partial charge in [0.2, 0.25) is 0 Å². The van der Waals surface area contributed by atoms with Gasteiger partial charge in [0.15, 0.2) is 0 Å². The summed E-state index contributed by atoms with van der Waals surface area (Å²) in [7, 11) is 14.1. The van der Waals surface area contributed by atoms with Crippen LogP contribution in [0.25, 0.3) is 12.2 Å². The molecule has 0 amide bonds. The quantitative estimate of drug-likeness (QED) is 0.210. The van der Waals surface area contributed by atoms with Crippen molar-refractivity contribution in [1.82, 2.24) is 0 Å². The maximum atomic E-state index is 8.45. The summed E-state index contributed by atoms with van der Waals surface area (Å²) in [6, 6.07) is 39.3. The molecule has 0 bridgehead atoms. The zero-order valence-electron chi connectivity index (χ0n) is 18.7. The second-order valence-electron chi connectivity index (χ2n) is 9.41. The van der Waals surface area contributed by atoms with Crippen LogP contribution in [0.3, 0.4) is 0 Å². The summed E-state index contributed by atoms with van der Waals surface area (Å²) in [6.07, 6.45) is 9.18. The van der Waals surface area contributed by atoms with Crippen molar-refractivity contribution in [3.63, 3.8) is 0 Å². The van der Waals surface area contributed by atoms with Crippen LogP contribution in [0, 0.1) is 0 Å². The van der Waals surface area contributed by atoms with Gasteiger partial charge in [-0.25, -0.2) is 0 Å². The molecule has 0 nitrogen and oxygen atoms in total. The summed E-state index contributed by atoms with van der Waals surface area (Å²) in [6.45, 7) is 0. The number of hydrogen-bond donors (Lipinski definition) is 0. The molecule has 4 aromatic carbocycles. The first-order chi connectivity index (χ1) is 16.6. The first-order valence-electron chi connectivity index (χ1n) is 11.8. The number of fused-ring (bicyclic) bond motifs is 2. The van der Waals surface area contributed by atoms with E-state index >= 15 is 0 Å². The third kappa shape index (κ3) is 3.51. The first-order valence-corrected chi connectivity index (χ1v) is 32.0. The van der Waals surface area contributed by atoms with Gasteiger partial charge < -0.3 is 0 Å². The molecule has 2 aliphatic carbocycles. The standard InChI is InChI=1S/C12H11Ge.2C9H7.2ClH.Zr/c1-3-7-11(8-4-1)13-12-9-5-2-6-10-12;2*1-2-5-9-7-3-6-8(9)4-1;;;/h1-10,13H;2*1-7H;2*1H;/q;;;;;+2/p-2. The molecule has 0 aliphatic heterocycles. The Kier molecular flexibility index (Phi) is 5.90. The van der Waals surface area contributed by atoms with Gasteiger partial charge in [0, 0.05) is 0 Å². The zero-order chi connectivity index (χ0) is 23.2. The molecule has 4 aromatic rings. The van der Waals surface area contributed by atoms with Crippen molar-refractivity contribution in [2.75, 3.05) is 0 Å². The summed E-state index contributed by atoms with van der Waals surface area (Å²) in [5.41, 5.74) is 5.12. The summed E-state index contributed by atoms with van der Waals surface area (Å²) < 4.78 is 2.92. The molecule has 0 N–H and O–H groups in total. The van der Waals surface area contributed by atoms with Crippen molar-refractivity contribution in [1.29, 1.82) is 0 Å². The van der Waals surface area contributed by atoms with E-state index in [-0.39, 0.29) is 7.25 Å². The fraction of sp³-hybridized carbons (Fsp3) is 0.0667. The van der Waals surface area contributed by atoms with Gasteiger partial charge in [0.05, 0.1) is 0 Å². The van der Waals surface area contributed by atoms with Crippen molar-refractivity contribution in [3.05, 3.63) is 144 Å². The summed E-state index contributed by atoms with van der Waals surface area (Å²) >= 11 is -4.82. The van der Waals surface area contributed by atoms with Crippen LogP contribution in [0.5, 0.6) is 0 Å². The van der Waals surface area contributed by atoms with E-state index in [0.29, 0.717) is 0 Å². The molecule has 6 rings (SSSR count). The molecule has 4 heteroatoms. The van der Waals surface area contributed by atoms with E-state index in [0.717, 1.165) is 0 Å². The van der Waals surface area contributed by atoms with Gasteiger partial charge in [0.1, 0.15) is 0 Å². The zero-order valence-corrected chi connectivity index (χ0v) is 25.1. The Morgan fingerprint density at radius 3 is 1.32 bits per heavy atom. The Balaban J connectivity index is 1.68. The Hall–Kier alpha value is -1.63.